The zero-order valence-corrected chi connectivity index (χ0v) is 15.5. The van der Waals surface area contributed by atoms with Crippen LogP contribution in [-0.2, 0) is 16.1 Å². The number of ether oxygens (including phenoxy) is 1. The van der Waals surface area contributed by atoms with E-state index in [4.69, 9.17) is 4.74 Å². The number of fused-ring (bicyclic) bond motifs is 1. The third kappa shape index (κ3) is 4.45. The Bertz CT molecular complexity index is 778. The summed E-state index contributed by atoms with van der Waals surface area (Å²) in [6.07, 6.45) is 0.719. The number of aromatic nitrogens is 2. The number of methoxy groups -OCH3 is 1. The van der Waals surface area contributed by atoms with Gasteiger partial charge in [-0.15, -0.1) is 0 Å². The maximum atomic E-state index is 12.8. The lowest BCUT2D eigenvalue weighted by atomic mass is 9.92. The average molecular weight is 348 g/mol. The Kier molecular flexibility index (Phi) is 6.18. The molecule has 6 heteroatoms. The molecule has 2 rings (SSSR count). The van der Waals surface area contributed by atoms with Crippen molar-refractivity contribution in [2.45, 2.75) is 38.9 Å². The summed E-state index contributed by atoms with van der Waals surface area (Å²) in [6, 6.07) is 7.30. The first-order chi connectivity index (χ1) is 11.3. The summed E-state index contributed by atoms with van der Waals surface area (Å²) in [5, 5.41) is 1.19. The molecule has 0 aliphatic carbocycles. The molecule has 130 valence electrons. The smallest absolute Gasteiger partial charge is 0.262 e. The molecule has 0 aliphatic rings. The Hall–Kier alpha value is -1.66. The Morgan fingerprint density at radius 1 is 1.29 bits per heavy atom. The molecule has 1 aromatic heterocycles. The fourth-order valence-electron chi connectivity index (χ4n) is 2.17. The standard InChI is InChI=1S/C18H24N2O3S/c1-18(2,3)15(21)12-24-17-19-14-9-6-5-8-13(14)16(22)20(17)10-7-11-23-4/h5-6,8-9H,7,10-12H2,1-4H3. The predicted molar refractivity (Wildman–Crippen MR) is 97.7 cm³/mol. The fourth-order valence-corrected chi connectivity index (χ4v) is 3.35. The summed E-state index contributed by atoms with van der Waals surface area (Å²) in [5.41, 5.74) is 0.198. The third-order valence-corrected chi connectivity index (χ3v) is 4.70. The lowest BCUT2D eigenvalue weighted by molar-refractivity contribution is -0.123. The summed E-state index contributed by atoms with van der Waals surface area (Å²) in [5.74, 6) is 0.441. The predicted octanol–water partition coefficient (Wildman–Crippen LogP) is 3.14. The second kappa shape index (κ2) is 7.94. The number of benzene rings is 1. The van der Waals surface area contributed by atoms with Gasteiger partial charge >= 0.3 is 0 Å². The first kappa shape index (κ1) is 18.7. The van der Waals surface area contributed by atoms with Crippen molar-refractivity contribution >= 4 is 28.4 Å². The molecule has 0 fully saturated rings. The number of ketones is 1. The van der Waals surface area contributed by atoms with Gasteiger partial charge in [0.25, 0.3) is 5.56 Å². The van der Waals surface area contributed by atoms with E-state index in [1.165, 1.54) is 11.8 Å². The highest BCUT2D eigenvalue weighted by Crippen LogP contribution is 2.23. The van der Waals surface area contributed by atoms with Gasteiger partial charge in [-0.2, -0.15) is 0 Å². The largest absolute Gasteiger partial charge is 0.385 e. The highest BCUT2D eigenvalue weighted by Gasteiger charge is 2.22. The molecular formula is C18H24N2O3S. The number of hydrogen-bond donors (Lipinski definition) is 0. The van der Waals surface area contributed by atoms with E-state index in [-0.39, 0.29) is 11.3 Å². The van der Waals surface area contributed by atoms with E-state index in [9.17, 15) is 9.59 Å². The average Bonchev–Trinajstić information content (AvgIpc) is 2.54. The number of nitrogens with zero attached hydrogens (tertiary/aromatic N) is 2. The number of carbonyl (C=O) groups is 1. The van der Waals surface area contributed by atoms with Crippen LogP contribution in [0.2, 0.25) is 0 Å². The summed E-state index contributed by atoms with van der Waals surface area (Å²) < 4.78 is 6.73. The third-order valence-electron chi connectivity index (χ3n) is 3.73. The van der Waals surface area contributed by atoms with Gasteiger partial charge in [0.2, 0.25) is 0 Å². The van der Waals surface area contributed by atoms with Crippen LogP contribution in [0.25, 0.3) is 10.9 Å². The van der Waals surface area contributed by atoms with Gasteiger partial charge in [0.05, 0.1) is 16.7 Å². The fraction of sp³-hybridized carbons (Fsp3) is 0.500. The highest BCUT2D eigenvalue weighted by atomic mass is 32.2. The van der Waals surface area contributed by atoms with E-state index in [2.05, 4.69) is 4.98 Å². The van der Waals surface area contributed by atoms with Crippen molar-refractivity contribution in [2.75, 3.05) is 19.5 Å². The topological polar surface area (TPSA) is 61.2 Å². The molecule has 1 aromatic carbocycles. The molecule has 0 saturated heterocycles. The Morgan fingerprint density at radius 3 is 2.67 bits per heavy atom. The van der Waals surface area contributed by atoms with Crippen molar-refractivity contribution in [3.05, 3.63) is 34.6 Å². The van der Waals surface area contributed by atoms with E-state index in [1.54, 1.807) is 17.7 Å². The van der Waals surface area contributed by atoms with Gasteiger partial charge in [-0.25, -0.2) is 4.98 Å². The van der Waals surface area contributed by atoms with Gasteiger partial charge in [0.1, 0.15) is 5.78 Å². The van der Waals surface area contributed by atoms with E-state index in [0.717, 1.165) is 6.42 Å². The van der Waals surface area contributed by atoms with Crippen LogP contribution in [0.4, 0.5) is 0 Å². The van der Waals surface area contributed by atoms with Crippen molar-refractivity contribution < 1.29 is 9.53 Å². The van der Waals surface area contributed by atoms with Crippen molar-refractivity contribution in [3.8, 4) is 0 Å². The second-order valence-corrected chi connectivity index (χ2v) is 7.62. The van der Waals surface area contributed by atoms with Crippen LogP contribution in [0.1, 0.15) is 27.2 Å². The van der Waals surface area contributed by atoms with Crippen LogP contribution in [0.5, 0.6) is 0 Å². The highest BCUT2D eigenvalue weighted by molar-refractivity contribution is 7.99. The molecule has 0 radical (unpaired) electrons. The Labute approximate surface area is 146 Å². The summed E-state index contributed by atoms with van der Waals surface area (Å²) in [7, 11) is 1.64. The van der Waals surface area contributed by atoms with E-state index >= 15 is 0 Å². The molecule has 1 heterocycles. The number of rotatable bonds is 7. The van der Waals surface area contributed by atoms with Gasteiger partial charge in [-0.1, -0.05) is 44.7 Å². The van der Waals surface area contributed by atoms with Crippen molar-refractivity contribution in [1.29, 1.82) is 0 Å². The first-order valence-corrected chi connectivity index (χ1v) is 8.98. The molecule has 0 spiro atoms. The van der Waals surface area contributed by atoms with Gasteiger partial charge in [-0.3, -0.25) is 14.2 Å². The molecule has 0 bridgehead atoms. The molecule has 0 amide bonds. The van der Waals surface area contributed by atoms with Gasteiger partial charge in [0.15, 0.2) is 5.16 Å². The van der Waals surface area contributed by atoms with Gasteiger partial charge < -0.3 is 4.74 Å². The molecule has 5 nitrogen and oxygen atoms in total. The first-order valence-electron chi connectivity index (χ1n) is 7.99. The molecule has 0 atom stereocenters. The van der Waals surface area contributed by atoms with Crippen LogP contribution in [-0.4, -0.2) is 34.8 Å². The quantitative estimate of drug-likeness (QED) is 0.437. The summed E-state index contributed by atoms with van der Waals surface area (Å²) in [4.78, 5) is 29.6. The van der Waals surface area contributed by atoms with Crippen molar-refractivity contribution in [1.82, 2.24) is 9.55 Å². The molecule has 24 heavy (non-hydrogen) atoms. The number of carbonyl (C=O) groups excluding carboxylic acids is 1. The van der Waals surface area contributed by atoms with E-state index < -0.39 is 5.41 Å². The number of thioether (sulfide) groups is 1. The minimum atomic E-state index is -0.398. The zero-order valence-electron chi connectivity index (χ0n) is 14.7. The summed E-state index contributed by atoms with van der Waals surface area (Å²) >= 11 is 1.33. The van der Waals surface area contributed by atoms with Crippen LogP contribution in [0, 0.1) is 5.41 Å². The second-order valence-electron chi connectivity index (χ2n) is 6.68. The Balaban J connectivity index is 2.36. The molecule has 0 unspecified atom stereocenters. The van der Waals surface area contributed by atoms with Gasteiger partial charge in [0, 0.05) is 25.7 Å². The van der Waals surface area contributed by atoms with Crippen molar-refractivity contribution in [3.63, 3.8) is 0 Å². The van der Waals surface area contributed by atoms with Crippen LogP contribution < -0.4 is 5.56 Å². The van der Waals surface area contributed by atoms with E-state index in [1.807, 2.05) is 39.0 Å². The SMILES string of the molecule is COCCCn1c(SCC(=O)C(C)(C)C)nc2ccccc2c1=O. The molecule has 0 saturated carbocycles. The maximum Gasteiger partial charge on any atom is 0.262 e. The van der Waals surface area contributed by atoms with E-state index in [0.29, 0.717) is 35.0 Å². The number of para-hydroxylation sites is 1. The van der Waals surface area contributed by atoms with Crippen molar-refractivity contribution in [2.24, 2.45) is 5.41 Å². The number of hydrogen-bond acceptors (Lipinski definition) is 5. The molecule has 0 N–H and O–H groups in total. The normalized spacial score (nSPS) is 11.8. The van der Waals surface area contributed by atoms with Gasteiger partial charge in [-0.05, 0) is 18.6 Å². The number of Topliss-reactive ketones (excluding diaryl/α,β-unsaturated/α-hetero) is 1. The monoisotopic (exact) mass is 348 g/mol. The van der Waals surface area contributed by atoms with Crippen LogP contribution in [0.3, 0.4) is 0 Å². The lowest BCUT2D eigenvalue weighted by Crippen LogP contribution is -2.26. The zero-order chi connectivity index (χ0) is 17.7. The minimum absolute atomic E-state index is 0.0672. The minimum Gasteiger partial charge on any atom is -0.385 e. The van der Waals surface area contributed by atoms with Crippen LogP contribution >= 0.6 is 11.8 Å². The molecule has 2 aromatic rings. The lowest BCUT2D eigenvalue weighted by Gasteiger charge is -2.17. The Morgan fingerprint density at radius 2 is 2.00 bits per heavy atom. The summed E-state index contributed by atoms with van der Waals surface area (Å²) in [6.45, 7) is 6.79. The maximum absolute atomic E-state index is 12.8. The molecule has 0 aliphatic heterocycles. The molecular weight excluding hydrogens is 324 g/mol. The van der Waals surface area contributed by atoms with Crippen LogP contribution in [0.15, 0.2) is 34.2 Å².